The summed E-state index contributed by atoms with van der Waals surface area (Å²) in [6, 6.07) is 1.96. The Labute approximate surface area is 158 Å². The molecule has 2 aliphatic rings. The SMILES string of the molecule is CC(OC(=O)c1cc(C2CC2)nc2c1cnn2C(C)C)C(=O)N1CCCC1. The molecule has 0 aromatic carbocycles. The Morgan fingerprint density at radius 1 is 1.19 bits per heavy atom. The lowest BCUT2D eigenvalue weighted by Crippen LogP contribution is -2.38. The molecule has 0 spiro atoms. The number of hydrogen-bond acceptors (Lipinski definition) is 5. The number of rotatable bonds is 5. The van der Waals surface area contributed by atoms with Crippen molar-refractivity contribution in [2.24, 2.45) is 0 Å². The first-order valence-electron chi connectivity index (χ1n) is 9.83. The molecular weight excluding hydrogens is 344 g/mol. The molecule has 4 rings (SSSR count). The number of ether oxygens (including phenoxy) is 1. The second-order valence-electron chi connectivity index (χ2n) is 7.87. The highest BCUT2D eigenvalue weighted by molar-refractivity contribution is 6.03. The quantitative estimate of drug-likeness (QED) is 0.756. The van der Waals surface area contributed by atoms with Gasteiger partial charge in [-0.1, -0.05) is 0 Å². The van der Waals surface area contributed by atoms with Crippen LogP contribution in [0.2, 0.25) is 0 Å². The Kier molecular flexibility index (Phi) is 4.61. The Bertz CT molecular complexity index is 879. The molecule has 3 heterocycles. The van der Waals surface area contributed by atoms with Gasteiger partial charge in [0.1, 0.15) is 0 Å². The molecule has 1 saturated carbocycles. The number of carbonyl (C=O) groups excluding carboxylic acids is 2. The van der Waals surface area contributed by atoms with Gasteiger partial charge in [-0.2, -0.15) is 5.10 Å². The molecule has 1 aliphatic heterocycles. The number of pyridine rings is 1. The Morgan fingerprint density at radius 3 is 2.52 bits per heavy atom. The zero-order valence-electron chi connectivity index (χ0n) is 16.1. The molecule has 7 heteroatoms. The molecular formula is C20H26N4O3. The van der Waals surface area contributed by atoms with Crippen LogP contribution < -0.4 is 0 Å². The zero-order chi connectivity index (χ0) is 19.1. The van der Waals surface area contributed by atoms with E-state index in [1.807, 2.05) is 24.6 Å². The van der Waals surface area contributed by atoms with Crippen molar-refractivity contribution in [2.75, 3.05) is 13.1 Å². The van der Waals surface area contributed by atoms with Gasteiger partial charge in [-0.3, -0.25) is 4.79 Å². The predicted octanol–water partition coefficient (Wildman–Crippen LogP) is 3.06. The Balaban J connectivity index is 1.63. The Hall–Kier alpha value is -2.44. The summed E-state index contributed by atoms with van der Waals surface area (Å²) in [5.41, 5.74) is 2.07. The molecule has 1 unspecified atom stereocenters. The van der Waals surface area contributed by atoms with Gasteiger partial charge in [0.2, 0.25) is 0 Å². The zero-order valence-corrected chi connectivity index (χ0v) is 16.1. The molecule has 7 nitrogen and oxygen atoms in total. The van der Waals surface area contributed by atoms with Crippen LogP contribution >= 0.6 is 0 Å². The number of amides is 1. The van der Waals surface area contributed by atoms with Crippen molar-refractivity contribution >= 4 is 22.9 Å². The maximum absolute atomic E-state index is 12.9. The highest BCUT2D eigenvalue weighted by Gasteiger charge is 2.30. The number of carbonyl (C=O) groups is 2. The third kappa shape index (κ3) is 3.42. The maximum Gasteiger partial charge on any atom is 0.339 e. The first-order chi connectivity index (χ1) is 13.0. The Morgan fingerprint density at radius 2 is 1.89 bits per heavy atom. The first kappa shape index (κ1) is 17.9. The third-order valence-corrected chi connectivity index (χ3v) is 5.34. The molecule has 2 aromatic rings. The molecule has 1 amide bonds. The highest BCUT2D eigenvalue weighted by atomic mass is 16.5. The lowest BCUT2D eigenvalue weighted by Gasteiger charge is -2.20. The third-order valence-electron chi connectivity index (χ3n) is 5.34. The number of esters is 1. The molecule has 1 atom stereocenters. The molecule has 0 bridgehead atoms. The summed E-state index contributed by atoms with van der Waals surface area (Å²) in [6.45, 7) is 7.20. The second kappa shape index (κ2) is 6.94. The van der Waals surface area contributed by atoms with Gasteiger partial charge in [-0.15, -0.1) is 0 Å². The molecule has 144 valence electrons. The summed E-state index contributed by atoms with van der Waals surface area (Å²) in [6.07, 6.45) is 5.08. The summed E-state index contributed by atoms with van der Waals surface area (Å²) in [5.74, 6) is -0.195. The van der Waals surface area contributed by atoms with Gasteiger partial charge >= 0.3 is 5.97 Å². The number of likely N-dealkylation sites (tertiary alicyclic amines) is 1. The van der Waals surface area contributed by atoms with Gasteiger partial charge in [-0.05, 0) is 52.5 Å². The molecule has 0 N–H and O–H groups in total. The van der Waals surface area contributed by atoms with Crippen LogP contribution in [0.25, 0.3) is 11.0 Å². The van der Waals surface area contributed by atoms with E-state index in [0.717, 1.165) is 44.5 Å². The van der Waals surface area contributed by atoms with E-state index in [-0.39, 0.29) is 11.9 Å². The second-order valence-corrected chi connectivity index (χ2v) is 7.87. The van der Waals surface area contributed by atoms with E-state index in [2.05, 4.69) is 5.10 Å². The summed E-state index contributed by atoms with van der Waals surface area (Å²) in [5, 5.41) is 5.09. The van der Waals surface area contributed by atoms with Crippen molar-refractivity contribution in [3.63, 3.8) is 0 Å². The summed E-state index contributed by atoms with van der Waals surface area (Å²) < 4.78 is 7.38. The smallest absolute Gasteiger partial charge is 0.339 e. The molecule has 2 fully saturated rings. The summed E-state index contributed by atoms with van der Waals surface area (Å²) in [4.78, 5) is 31.9. The van der Waals surface area contributed by atoms with E-state index in [0.29, 0.717) is 22.5 Å². The summed E-state index contributed by atoms with van der Waals surface area (Å²) >= 11 is 0. The van der Waals surface area contributed by atoms with E-state index in [1.54, 1.807) is 18.0 Å². The van der Waals surface area contributed by atoms with Crippen LogP contribution in [-0.4, -0.2) is 50.7 Å². The summed E-state index contributed by atoms with van der Waals surface area (Å²) in [7, 11) is 0. The van der Waals surface area contributed by atoms with E-state index in [4.69, 9.17) is 9.72 Å². The van der Waals surface area contributed by atoms with Crippen LogP contribution in [0.5, 0.6) is 0 Å². The van der Waals surface area contributed by atoms with Gasteiger partial charge in [0.25, 0.3) is 5.91 Å². The van der Waals surface area contributed by atoms with Gasteiger partial charge in [0.15, 0.2) is 11.8 Å². The normalized spacial score (nSPS) is 18.3. The van der Waals surface area contributed by atoms with Crippen LogP contribution in [-0.2, 0) is 9.53 Å². The number of fused-ring (bicyclic) bond motifs is 1. The van der Waals surface area contributed by atoms with Crippen LogP contribution in [0.1, 0.15) is 74.5 Å². The van der Waals surface area contributed by atoms with Gasteiger partial charge in [0.05, 0.1) is 17.1 Å². The number of nitrogens with zero attached hydrogens (tertiary/aromatic N) is 4. The monoisotopic (exact) mass is 370 g/mol. The van der Waals surface area contributed by atoms with E-state index < -0.39 is 12.1 Å². The average Bonchev–Trinajstić information content (AvgIpc) is 3.18. The van der Waals surface area contributed by atoms with Crippen molar-refractivity contribution < 1.29 is 14.3 Å². The lowest BCUT2D eigenvalue weighted by molar-refractivity contribution is -0.138. The fourth-order valence-corrected chi connectivity index (χ4v) is 3.64. The fourth-order valence-electron chi connectivity index (χ4n) is 3.64. The van der Waals surface area contributed by atoms with Gasteiger partial charge in [-0.25, -0.2) is 14.5 Å². The number of aromatic nitrogens is 3. The van der Waals surface area contributed by atoms with Crippen molar-refractivity contribution in [1.82, 2.24) is 19.7 Å². The van der Waals surface area contributed by atoms with Gasteiger partial charge < -0.3 is 9.64 Å². The first-order valence-corrected chi connectivity index (χ1v) is 9.83. The minimum Gasteiger partial charge on any atom is -0.449 e. The largest absolute Gasteiger partial charge is 0.449 e. The van der Waals surface area contributed by atoms with Crippen LogP contribution in [0.3, 0.4) is 0 Å². The van der Waals surface area contributed by atoms with Crippen LogP contribution in [0, 0.1) is 0 Å². The van der Waals surface area contributed by atoms with E-state index in [9.17, 15) is 9.59 Å². The van der Waals surface area contributed by atoms with E-state index in [1.165, 1.54) is 0 Å². The van der Waals surface area contributed by atoms with Crippen LogP contribution in [0.15, 0.2) is 12.3 Å². The predicted molar refractivity (Wildman–Crippen MR) is 101 cm³/mol. The van der Waals surface area contributed by atoms with Crippen molar-refractivity contribution in [1.29, 1.82) is 0 Å². The fraction of sp³-hybridized carbons (Fsp3) is 0.600. The minimum absolute atomic E-state index is 0.119. The standard InChI is InChI=1S/C20H26N4O3/c1-12(2)24-18-16(11-21-24)15(10-17(22-18)14-6-7-14)20(26)27-13(3)19(25)23-8-4-5-9-23/h10-14H,4-9H2,1-3H3. The molecule has 1 saturated heterocycles. The van der Waals surface area contributed by atoms with Crippen molar-refractivity contribution in [3.05, 3.63) is 23.5 Å². The van der Waals surface area contributed by atoms with Crippen molar-refractivity contribution in [2.45, 2.75) is 64.5 Å². The average molecular weight is 370 g/mol. The molecule has 2 aromatic heterocycles. The van der Waals surface area contributed by atoms with Crippen molar-refractivity contribution in [3.8, 4) is 0 Å². The van der Waals surface area contributed by atoms with E-state index >= 15 is 0 Å². The molecule has 0 radical (unpaired) electrons. The van der Waals surface area contributed by atoms with Gasteiger partial charge in [0, 0.05) is 30.7 Å². The molecule has 27 heavy (non-hydrogen) atoms. The highest BCUT2D eigenvalue weighted by Crippen LogP contribution is 2.40. The van der Waals surface area contributed by atoms with Crippen LogP contribution in [0.4, 0.5) is 0 Å². The topological polar surface area (TPSA) is 77.3 Å². The molecule has 1 aliphatic carbocycles. The lowest BCUT2D eigenvalue weighted by atomic mass is 10.1. The number of hydrogen-bond donors (Lipinski definition) is 0. The minimum atomic E-state index is -0.789. The maximum atomic E-state index is 12.9.